The summed E-state index contributed by atoms with van der Waals surface area (Å²) in [5.74, 6) is 0.356. The van der Waals surface area contributed by atoms with Crippen LogP contribution in [0, 0.1) is 0 Å². The van der Waals surface area contributed by atoms with Gasteiger partial charge in [0.05, 0.1) is 0 Å². The minimum atomic E-state index is -3.55. The molecular formula is C14H26N4O2S. The van der Waals surface area contributed by atoms with Gasteiger partial charge < -0.3 is 5.32 Å². The Kier molecular flexibility index (Phi) is 6.57. The van der Waals surface area contributed by atoms with E-state index in [4.69, 9.17) is 0 Å². The Bertz CT molecular complexity index is 536. The van der Waals surface area contributed by atoms with Gasteiger partial charge >= 0.3 is 0 Å². The number of rotatable bonds is 8. The summed E-state index contributed by atoms with van der Waals surface area (Å²) in [5, 5.41) is 2.80. The van der Waals surface area contributed by atoms with Gasteiger partial charge in [-0.3, -0.25) is 4.90 Å². The Morgan fingerprint density at radius 3 is 2.38 bits per heavy atom. The number of nitrogens with one attached hydrogen (secondary N) is 2. The molecule has 0 fully saturated rings. The first-order valence-electron chi connectivity index (χ1n) is 7.17. The Labute approximate surface area is 128 Å². The first-order valence-corrected chi connectivity index (χ1v) is 8.66. The second-order valence-corrected chi connectivity index (χ2v) is 7.16. The van der Waals surface area contributed by atoms with Crippen molar-refractivity contribution in [3.05, 3.63) is 18.3 Å². The van der Waals surface area contributed by atoms with Crippen LogP contribution in [-0.4, -0.2) is 50.5 Å². The van der Waals surface area contributed by atoms with Crippen molar-refractivity contribution >= 4 is 15.8 Å². The first kappa shape index (κ1) is 17.9. The maximum Gasteiger partial charge on any atom is 0.244 e. The molecule has 120 valence electrons. The van der Waals surface area contributed by atoms with Crippen LogP contribution in [0.4, 0.5) is 5.82 Å². The van der Waals surface area contributed by atoms with Crippen LogP contribution in [0.1, 0.15) is 27.7 Å². The third-order valence-corrected chi connectivity index (χ3v) is 4.78. The van der Waals surface area contributed by atoms with E-state index in [0.717, 1.165) is 0 Å². The van der Waals surface area contributed by atoms with Crippen LogP contribution < -0.4 is 10.0 Å². The molecule has 0 saturated heterocycles. The van der Waals surface area contributed by atoms with E-state index in [1.54, 1.807) is 25.4 Å². The molecule has 0 unspecified atom stereocenters. The molecule has 0 atom stereocenters. The van der Waals surface area contributed by atoms with Gasteiger partial charge in [-0.1, -0.05) is 0 Å². The van der Waals surface area contributed by atoms with Crippen LogP contribution in [0.2, 0.25) is 0 Å². The maximum absolute atomic E-state index is 12.3. The molecule has 0 amide bonds. The third kappa shape index (κ3) is 4.94. The quantitative estimate of drug-likeness (QED) is 0.761. The van der Waals surface area contributed by atoms with Crippen molar-refractivity contribution in [2.75, 3.05) is 25.5 Å². The largest absolute Gasteiger partial charge is 0.372 e. The summed E-state index contributed by atoms with van der Waals surface area (Å²) in [7, 11) is -1.90. The summed E-state index contributed by atoms with van der Waals surface area (Å²) in [5.41, 5.74) is 0. The summed E-state index contributed by atoms with van der Waals surface area (Å²) in [6, 6.07) is 3.91. The van der Waals surface area contributed by atoms with Crippen LogP contribution >= 0.6 is 0 Å². The van der Waals surface area contributed by atoms with Crippen LogP contribution in [0.25, 0.3) is 0 Å². The van der Waals surface area contributed by atoms with Gasteiger partial charge in [-0.05, 0) is 39.8 Å². The number of sulfonamides is 1. The first-order chi connectivity index (χ1) is 9.79. The lowest BCUT2D eigenvalue weighted by Gasteiger charge is -2.30. The zero-order valence-electron chi connectivity index (χ0n) is 13.4. The second-order valence-electron chi connectivity index (χ2n) is 5.42. The van der Waals surface area contributed by atoms with E-state index < -0.39 is 10.0 Å². The lowest BCUT2D eigenvalue weighted by Crippen LogP contribution is -2.42. The highest BCUT2D eigenvalue weighted by Crippen LogP contribution is 2.16. The molecule has 0 spiro atoms. The molecule has 0 aliphatic rings. The van der Waals surface area contributed by atoms with E-state index in [1.807, 2.05) is 0 Å². The molecule has 0 aliphatic heterocycles. The molecule has 0 saturated carbocycles. The van der Waals surface area contributed by atoms with Gasteiger partial charge in [0.2, 0.25) is 10.0 Å². The van der Waals surface area contributed by atoms with Crippen molar-refractivity contribution < 1.29 is 8.42 Å². The summed E-state index contributed by atoms with van der Waals surface area (Å²) >= 11 is 0. The Morgan fingerprint density at radius 1 is 1.24 bits per heavy atom. The number of nitrogens with zero attached hydrogens (tertiary/aromatic N) is 2. The molecule has 1 aromatic heterocycles. The Morgan fingerprint density at radius 2 is 1.86 bits per heavy atom. The summed E-state index contributed by atoms with van der Waals surface area (Å²) < 4.78 is 27.3. The predicted molar refractivity (Wildman–Crippen MR) is 86.0 cm³/mol. The zero-order valence-corrected chi connectivity index (χ0v) is 14.2. The zero-order chi connectivity index (χ0) is 16.0. The molecule has 0 bridgehead atoms. The molecule has 7 heteroatoms. The fourth-order valence-corrected chi connectivity index (χ4v) is 3.48. The molecule has 0 radical (unpaired) electrons. The lowest BCUT2D eigenvalue weighted by atomic mass is 10.2. The lowest BCUT2D eigenvalue weighted by molar-refractivity contribution is 0.179. The molecule has 1 aromatic rings. The average molecular weight is 314 g/mol. The van der Waals surface area contributed by atoms with E-state index in [2.05, 4.69) is 47.6 Å². The van der Waals surface area contributed by atoms with Crippen molar-refractivity contribution in [2.24, 2.45) is 0 Å². The van der Waals surface area contributed by atoms with Crippen LogP contribution in [0.5, 0.6) is 0 Å². The highest BCUT2D eigenvalue weighted by Gasteiger charge is 2.19. The highest BCUT2D eigenvalue weighted by molar-refractivity contribution is 7.89. The van der Waals surface area contributed by atoms with E-state index in [9.17, 15) is 8.42 Å². The number of aromatic nitrogens is 1. The molecule has 6 nitrogen and oxygen atoms in total. The monoisotopic (exact) mass is 314 g/mol. The Hall–Kier alpha value is -1.18. The Balaban J connectivity index is 2.74. The standard InChI is InChI=1S/C14H26N4O2S/c1-11(2)18(12(3)4)10-9-17-21(19,20)13-7-6-8-16-14(13)15-5/h6-8,11-12,17H,9-10H2,1-5H3,(H,15,16). The van der Waals surface area contributed by atoms with Crippen molar-refractivity contribution in [2.45, 2.75) is 44.7 Å². The number of hydrogen-bond acceptors (Lipinski definition) is 5. The number of anilines is 1. The molecule has 1 heterocycles. The molecule has 21 heavy (non-hydrogen) atoms. The van der Waals surface area contributed by atoms with E-state index in [1.165, 1.54) is 0 Å². The number of pyridine rings is 1. The van der Waals surface area contributed by atoms with Crippen molar-refractivity contribution in [3.63, 3.8) is 0 Å². The summed E-state index contributed by atoms with van der Waals surface area (Å²) in [6.45, 7) is 9.47. The van der Waals surface area contributed by atoms with Gasteiger partial charge in [0.1, 0.15) is 10.7 Å². The van der Waals surface area contributed by atoms with Crippen LogP contribution in [-0.2, 0) is 10.0 Å². The van der Waals surface area contributed by atoms with Gasteiger partial charge in [0.15, 0.2) is 0 Å². The van der Waals surface area contributed by atoms with Crippen molar-refractivity contribution in [3.8, 4) is 0 Å². The molecular weight excluding hydrogens is 288 g/mol. The van der Waals surface area contributed by atoms with Gasteiger partial charge in [0, 0.05) is 38.4 Å². The minimum Gasteiger partial charge on any atom is -0.372 e. The van der Waals surface area contributed by atoms with Crippen LogP contribution in [0.15, 0.2) is 23.2 Å². The van der Waals surface area contributed by atoms with Crippen molar-refractivity contribution in [1.82, 2.24) is 14.6 Å². The van der Waals surface area contributed by atoms with Crippen molar-refractivity contribution in [1.29, 1.82) is 0 Å². The third-order valence-electron chi connectivity index (χ3n) is 3.29. The van der Waals surface area contributed by atoms with Crippen LogP contribution in [0.3, 0.4) is 0 Å². The van der Waals surface area contributed by atoms with E-state index in [0.29, 0.717) is 31.0 Å². The summed E-state index contributed by atoms with van der Waals surface area (Å²) in [4.78, 5) is 6.44. The predicted octanol–water partition coefficient (Wildman–Crippen LogP) is 1.52. The molecule has 0 aromatic carbocycles. The fourth-order valence-electron chi connectivity index (χ4n) is 2.29. The van der Waals surface area contributed by atoms with Gasteiger partial charge in [0.25, 0.3) is 0 Å². The highest BCUT2D eigenvalue weighted by atomic mass is 32.2. The second kappa shape index (κ2) is 7.72. The fraction of sp³-hybridized carbons (Fsp3) is 0.643. The van der Waals surface area contributed by atoms with Gasteiger partial charge in [-0.2, -0.15) is 0 Å². The topological polar surface area (TPSA) is 74.3 Å². The van der Waals surface area contributed by atoms with E-state index in [-0.39, 0.29) is 4.90 Å². The maximum atomic E-state index is 12.3. The molecule has 2 N–H and O–H groups in total. The number of hydrogen-bond donors (Lipinski definition) is 2. The molecule has 0 aliphatic carbocycles. The summed E-state index contributed by atoms with van der Waals surface area (Å²) in [6.07, 6.45) is 1.56. The molecule has 1 rings (SSSR count). The van der Waals surface area contributed by atoms with E-state index >= 15 is 0 Å². The van der Waals surface area contributed by atoms with Gasteiger partial charge in [-0.25, -0.2) is 18.1 Å². The average Bonchev–Trinajstić information content (AvgIpc) is 2.42. The van der Waals surface area contributed by atoms with Gasteiger partial charge in [-0.15, -0.1) is 0 Å². The minimum absolute atomic E-state index is 0.174. The smallest absolute Gasteiger partial charge is 0.244 e. The normalized spacial score (nSPS) is 12.4. The SMILES string of the molecule is CNc1ncccc1S(=O)(=O)NCCN(C(C)C)C(C)C.